The molecule has 2 aliphatic rings. The molecule has 4 heteroatoms. The van der Waals surface area contributed by atoms with Crippen molar-refractivity contribution in [1.82, 2.24) is 14.8 Å². The monoisotopic (exact) mass is 349 g/mol. The third-order valence-corrected chi connectivity index (χ3v) is 5.91. The third-order valence-electron chi connectivity index (χ3n) is 5.91. The van der Waals surface area contributed by atoms with Crippen LogP contribution in [0.4, 0.5) is 0 Å². The Morgan fingerprint density at radius 2 is 2.04 bits per heavy atom. The number of pyridine rings is 1. The highest BCUT2D eigenvalue weighted by atomic mass is 16.2. The smallest absolute Gasteiger partial charge is 0.253 e. The van der Waals surface area contributed by atoms with Crippen LogP contribution in [0.15, 0.2) is 42.7 Å². The van der Waals surface area contributed by atoms with Crippen LogP contribution in [-0.4, -0.2) is 52.4 Å². The van der Waals surface area contributed by atoms with Crippen LogP contribution in [0.25, 0.3) is 11.1 Å². The minimum Gasteiger partial charge on any atom is -0.335 e. The van der Waals surface area contributed by atoms with Gasteiger partial charge >= 0.3 is 0 Å². The fourth-order valence-electron chi connectivity index (χ4n) is 4.29. The van der Waals surface area contributed by atoms with Gasteiger partial charge in [-0.15, -0.1) is 0 Å². The summed E-state index contributed by atoms with van der Waals surface area (Å²) < 4.78 is 0. The van der Waals surface area contributed by atoms with Crippen LogP contribution in [0.1, 0.15) is 42.1 Å². The molecule has 0 N–H and O–H groups in total. The van der Waals surface area contributed by atoms with E-state index in [-0.39, 0.29) is 5.91 Å². The van der Waals surface area contributed by atoms with Crippen molar-refractivity contribution in [3.63, 3.8) is 0 Å². The molecule has 0 saturated carbocycles. The number of hydrogen-bond acceptors (Lipinski definition) is 3. The van der Waals surface area contributed by atoms with Gasteiger partial charge in [-0.2, -0.15) is 0 Å². The Labute approximate surface area is 155 Å². The quantitative estimate of drug-likeness (QED) is 0.847. The highest BCUT2D eigenvalue weighted by Crippen LogP contribution is 2.27. The van der Waals surface area contributed by atoms with Crippen molar-refractivity contribution in [3.8, 4) is 11.1 Å². The lowest BCUT2D eigenvalue weighted by molar-refractivity contribution is 0.00213. The van der Waals surface area contributed by atoms with Gasteiger partial charge < -0.3 is 4.90 Å². The molecule has 136 valence electrons. The molecule has 3 heterocycles. The number of aromatic nitrogens is 1. The number of hydrogen-bond donors (Lipinski definition) is 0. The van der Waals surface area contributed by atoms with Crippen LogP contribution in [0.5, 0.6) is 0 Å². The maximum Gasteiger partial charge on any atom is 0.253 e. The molecule has 4 nitrogen and oxygen atoms in total. The summed E-state index contributed by atoms with van der Waals surface area (Å²) in [5, 5.41) is 0. The molecule has 2 fully saturated rings. The summed E-state index contributed by atoms with van der Waals surface area (Å²) in [6.45, 7) is 7.29. The van der Waals surface area contributed by atoms with E-state index in [4.69, 9.17) is 0 Å². The van der Waals surface area contributed by atoms with E-state index in [1.807, 2.05) is 35.4 Å². The maximum absolute atomic E-state index is 12.9. The summed E-state index contributed by atoms with van der Waals surface area (Å²) in [4.78, 5) is 21.6. The number of carbonyl (C=O) groups is 1. The van der Waals surface area contributed by atoms with E-state index >= 15 is 0 Å². The number of rotatable bonds is 3. The Morgan fingerprint density at radius 1 is 1.19 bits per heavy atom. The maximum atomic E-state index is 12.9. The molecule has 0 spiro atoms. The van der Waals surface area contributed by atoms with E-state index in [9.17, 15) is 4.79 Å². The van der Waals surface area contributed by atoms with Crippen molar-refractivity contribution in [2.75, 3.05) is 19.6 Å². The Kier molecular flexibility index (Phi) is 4.77. The van der Waals surface area contributed by atoms with Crippen LogP contribution in [-0.2, 0) is 0 Å². The molecule has 1 unspecified atom stereocenters. The molecular formula is C22H27N3O. The molecule has 1 atom stereocenters. The Balaban J connectivity index is 1.45. The SMILES string of the molecule is Cc1cnccc1-c1cccc(C(=O)N2CC(N3CCCCC3C)C2)c1. The average molecular weight is 349 g/mol. The first-order valence-corrected chi connectivity index (χ1v) is 9.69. The third kappa shape index (κ3) is 3.26. The van der Waals surface area contributed by atoms with Gasteiger partial charge in [0.1, 0.15) is 0 Å². The van der Waals surface area contributed by atoms with Crippen LogP contribution < -0.4 is 0 Å². The fraction of sp³-hybridized carbons (Fsp3) is 0.455. The lowest BCUT2D eigenvalue weighted by Gasteiger charge is -2.49. The molecule has 26 heavy (non-hydrogen) atoms. The zero-order valence-electron chi connectivity index (χ0n) is 15.7. The number of aryl methyl sites for hydroxylation is 1. The van der Waals surface area contributed by atoms with E-state index in [2.05, 4.69) is 29.8 Å². The molecule has 2 aliphatic heterocycles. The Morgan fingerprint density at radius 3 is 2.81 bits per heavy atom. The highest BCUT2D eigenvalue weighted by molar-refractivity contribution is 5.96. The first-order valence-electron chi connectivity index (χ1n) is 9.69. The largest absolute Gasteiger partial charge is 0.335 e. The van der Waals surface area contributed by atoms with Gasteiger partial charge in [0.2, 0.25) is 0 Å². The molecule has 4 rings (SSSR count). The molecule has 0 radical (unpaired) electrons. The van der Waals surface area contributed by atoms with Gasteiger partial charge in [0.15, 0.2) is 0 Å². The van der Waals surface area contributed by atoms with E-state index < -0.39 is 0 Å². The topological polar surface area (TPSA) is 36.4 Å². The van der Waals surface area contributed by atoms with Gasteiger partial charge in [-0.25, -0.2) is 0 Å². The van der Waals surface area contributed by atoms with Gasteiger partial charge in [0.25, 0.3) is 5.91 Å². The van der Waals surface area contributed by atoms with Gasteiger partial charge in [-0.05, 0) is 68.1 Å². The van der Waals surface area contributed by atoms with Crippen molar-refractivity contribution >= 4 is 5.91 Å². The van der Waals surface area contributed by atoms with Crippen molar-refractivity contribution < 1.29 is 4.79 Å². The van der Waals surface area contributed by atoms with Crippen molar-refractivity contribution in [2.24, 2.45) is 0 Å². The Hall–Kier alpha value is -2.20. The number of amides is 1. The predicted octanol–water partition coefficient (Wildman–Crippen LogP) is 3.76. The highest BCUT2D eigenvalue weighted by Gasteiger charge is 2.37. The van der Waals surface area contributed by atoms with Crippen molar-refractivity contribution in [2.45, 2.75) is 45.2 Å². The van der Waals surface area contributed by atoms with Crippen molar-refractivity contribution in [3.05, 3.63) is 53.9 Å². The normalized spacial score (nSPS) is 21.5. The molecule has 2 saturated heterocycles. The van der Waals surface area contributed by atoms with Gasteiger partial charge in [0.05, 0.1) is 0 Å². The molecule has 1 aromatic carbocycles. The van der Waals surface area contributed by atoms with E-state index in [1.165, 1.54) is 25.8 Å². The first-order chi connectivity index (χ1) is 12.6. The number of carbonyl (C=O) groups excluding carboxylic acids is 1. The van der Waals surface area contributed by atoms with Crippen LogP contribution >= 0.6 is 0 Å². The summed E-state index contributed by atoms with van der Waals surface area (Å²) in [6.07, 6.45) is 7.59. The number of nitrogens with zero attached hydrogens (tertiary/aromatic N) is 3. The minimum atomic E-state index is 0.152. The van der Waals surface area contributed by atoms with Gasteiger partial charge in [0, 0.05) is 43.1 Å². The summed E-state index contributed by atoms with van der Waals surface area (Å²) in [5.74, 6) is 0.152. The van der Waals surface area contributed by atoms with Gasteiger partial charge in [-0.1, -0.05) is 18.6 Å². The zero-order valence-corrected chi connectivity index (χ0v) is 15.7. The minimum absolute atomic E-state index is 0.152. The van der Waals surface area contributed by atoms with E-state index in [0.29, 0.717) is 12.1 Å². The lowest BCUT2D eigenvalue weighted by Crippen LogP contribution is -2.63. The summed E-state index contributed by atoms with van der Waals surface area (Å²) in [6, 6.07) is 11.2. The predicted molar refractivity (Wildman–Crippen MR) is 104 cm³/mol. The standard InChI is InChI=1S/C22H27N3O/c1-16-13-23-10-9-21(16)18-7-5-8-19(12-18)22(26)24-14-20(15-24)25-11-4-3-6-17(25)2/h5,7-10,12-13,17,20H,3-4,6,11,14-15H2,1-2H3. The molecule has 1 amide bonds. The number of likely N-dealkylation sites (tertiary alicyclic amines) is 2. The van der Waals surface area contributed by atoms with Crippen LogP contribution in [0, 0.1) is 6.92 Å². The average Bonchev–Trinajstić information content (AvgIpc) is 2.62. The first kappa shape index (κ1) is 17.2. The summed E-state index contributed by atoms with van der Waals surface area (Å²) in [7, 11) is 0. The second kappa shape index (κ2) is 7.20. The number of piperidine rings is 1. The lowest BCUT2D eigenvalue weighted by atomic mass is 9.96. The second-order valence-corrected chi connectivity index (χ2v) is 7.72. The van der Waals surface area contributed by atoms with Crippen LogP contribution in [0.2, 0.25) is 0 Å². The summed E-state index contributed by atoms with van der Waals surface area (Å²) in [5.41, 5.74) is 4.12. The van der Waals surface area contributed by atoms with E-state index in [0.717, 1.165) is 35.3 Å². The fourth-order valence-corrected chi connectivity index (χ4v) is 4.29. The molecule has 2 aromatic rings. The van der Waals surface area contributed by atoms with Crippen molar-refractivity contribution in [1.29, 1.82) is 0 Å². The summed E-state index contributed by atoms with van der Waals surface area (Å²) >= 11 is 0. The zero-order chi connectivity index (χ0) is 18.1. The van der Waals surface area contributed by atoms with Crippen LogP contribution in [0.3, 0.4) is 0 Å². The molecule has 1 aromatic heterocycles. The Bertz CT molecular complexity index is 797. The molecular weight excluding hydrogens is 322 g/mol. The van der Waals surface area contributed by atoms with Gasteiger partial charge in [-0.3, -0.25) is 14.7 Å². The van der Waals surface area contributed by atoms with E-state index in [1.54, 1.807) is 6.20 Å². The molecule has 0 aliphatic carbocycles. The molecule has 0 bridgehead atoms. The number of benzene rings is 1. The second-order valence-electron chi connectivity index (χ2n) is 7.72.